The van der Waals surface area contributed by atoms with Gasteiger partial charge in [-0.2, -0.15) is 5.26 Å². The van der Waals surface area contributed by atoms with Gasteiger partial charge < -0.3 is 19.9 Å². The van der Waals surface area contributed by atoms with Gasteiger partial charge in [-0.1, -0.05) is 18.2 Å². The highest BCUT2D eigenvalue weighted by Crippen LogP contribution is 2.39. The van der Waals surface area contributed by atoms with Crippen LogP contribution >= 0.6 is 11.3 Å². The number of nitrogens with zero attached hydrogens (tertiary/aromatic N) is 2. The SMILES string of the molecule is COc1ccc(NC(=O)/C(C#N)=C\c2cc(C)n(-c3sc4c(c3C(=O)Nc3ccccc3)CCCC4)c2C)cc1. The Bertz CT molecular complexity index is 1640. The van der Waals surface area contributed by atoms with E-state index in [1.54, 1.807) is 48.8 Å². The minimum atomic E-state index is -0.494. The Kier molecular flexibility index (Phi) is 7.85. The zero-order valence-electron chi connectivity index (χ0n) is 22.7. The quantitative estimate of drug-likeness (QED) is 0.194. The Labute approximate surface area is 237 Å². The van der Waals surface area contributed by atoms with E-state index in [1.165, 1.54) is 4.88 Å². The van der Waals surface area contributed by atoms with Gasteiger partial charge in [-0.15, -0.1) is 11.3 Å². The molecule has 4 aromatic rings. The van der Waals surface area contributed by atoms with Gasteiger partial charge in [0, 0.05) is 27.6 Å². The Morgan fingerprint density at radius 2 is 1.70 bits per heavy atom. The third-order valence-electron chi connectivity index (χ3n) is 7.10. The van der Waals surface area contributed by atoms with Crippen molar-refractivity contribution in [2.45, 2.75) is 39.5 Å². The van der Waals surface area contributed by atoms with Crippen LogP contribution in [-0.4, -0.2) is 23.5 Å². The van der Waals surface area contributed by atoms with Crippen LogP contribution in [-0.2, 0) is 17.6 Å². The molecule has 0 saturated heterocycles. The van der Waals surface area contributed by atoms with E-state index in [0.717, 1.165) is 58.9 Å². The van der Waals surface area contributed by atoms with E-state index in [1.807, 2.05) is 56.3 Å². The summed E-state index contributed by atoms with van der Waals surface area (Å²) in [5, 5.41) is 16.5. The molecule has 202 valence electrons. The average Bonchev–Trinajstić information content (AvgIpc) is 3.48. The second-order valence-corrected chi connectivity index (χ2v) is 10.8. The summed E-state index contributed by atoms with van der Waals surface area (Å²) >= 11 is 1.66. The topological polar surface area (TPSA) is 96.2 Å². The molecule has 7 nitrogen and oxygen atoms in total. The fourth-order valence-electron chi connectivity index (χ4n) is 5.08. The number of ether oxygens (including phenoxy) is 1. The molecular weight excluding hydrogens is 520 g/mol. The number of benzene rings is 2. The molecule has 2 heterocycles. The molecule has 0 fully saturated rings. The summed E-state index contributed by atoms with van der Waals surface area (Å²) in [4.78, 5) is 27.8. The Morgan fingerprint density at radius 1 is 1.00 bits per heavy atom. The van der Waals surface area contributed by atoms with Gasteiger partial charge in [-0.05, 0) is 99.2 Å². The molecule has 0 radical (unpaired) electrons. The first kappa shape index (κ1) is 27.0. The van der Waals surface area contributed by atoms with Gasteiger partial charge in [-0.3, -0.25) is 9.59 Å². The summed E-state index contributed by atoms with van der Waals surface area (Å²) < 4.78 is 7.24. The molecule has 1 aliphatic carbocycles. The maximum Gasteiger partial charge on any atom is 0.266 e. The van der Waals surface area contributed by atoms with Crippen molar-refractivity contribution in [2.24, 2.45) is 0 Å². The van der Waals surface area contributed by atoms with Crippen molar-refractivity contribution in [1.82, 2.24) is 4.57 Å². The lowest BCUT2D eigenvalue weighted by atomic mass is 9.95. The molecule has 40 heavy (non-hydrogen) atoms. The van der Waals surface area contributed by atoms with Crippen LogP contribution in [0.15, 0.2) is 66.2 Å². The van der Waals surface area contributed by atoms with Crippen molar-refractivity contribution in [1.29, 1.82) is 5.26 Å². The summed E-state index contributed by atoms with van der Waals surface area (Å²) in [6, 6.07) is 20.4. The van der Waals surface area contributed by atoms with Gasteiger partial charge in [0.05, 0.1) is 12.7 Å². The summed E-state index contributed by atoms with van der Waals surface area (Å²) in [6.07, 6.45) is 5.61. The molecule has 1 aliphatic rings. The minimum absolute atomic E-state index is 0.0106. The van der Waals surface area contributed by atoms with Crippen LogP contribution in [0, 0.1) is 25.2 Å². The van der Waals surface area contributed by atoms with Gasteiger partial charge in [0.1, 0.15) is 22.4 Å². The number of thiophene rings is 1. The number of fused-ring (bicyclic) bond motifs is 1. The number of rotatable bonds is 7. The molecule has 0 unspecified atom stereocenters. The number of carbonyl (C=O) groups is 2. The van der Waals surface area contributed by atoms with E-state index >= 15 is 0 Å². The Balaban J connectivity index is 1.50. The normalized spacial score (nSPS) is 12.8. The number of aryl methyl sites for hydroxylation is 2. The lowest BCUT2D eigenvalue weighted by Gasteiger charge is -2.14. The summed E-state index contributed by atoms with van der Waals surface area (Å²) in [6.45, 7) is 3.93. The number of carbonyl (C=O) groups excluding carboxylic acids is 2. The summed E-state index contributed by atoms with van der Waals surface area (Å²) in [5.41, 5.74) is 5.66. The summed E-state index contributed by atoms with van der Waals surface area (Å²) in [7, 11) is 1.57. The number of nitriles is 1. The first-order chi connectivity index (χ1) is 19.4. The zero-order valence-corrected chi connectivity index (χ0v) is 23.5. The molecule has 2 N–H and O–H groups in total. The van der Waals surface area contributed by atoms with Crippen molar-refractivity contribution >= 4 is 40.6 Å². The molecule has 0 saturated carbocycles. The van der Waals surface area contributed by atoms with Gasteiger partial charge in [0.25, 0.3) is 11.8 Å². The van der Waals surface area contributed by atoms with Crippen molar-refractivity contribution in [3.05, 3.63) is 99.2 Å². The van der Waals surface area contributed by atoms with E-state index in [-0.39, 0.29) is 11.5 Å². The minimum Gasteiger partial charge on any atom is -0.497 e. The molecule has 5 rings (SSSR count). The van der Waals surface area contributed by atoms with E-state index in [0.29, 0.717) is 17.0 Å². The van der Waals surface area contributed by atoms with E-state index in [2.05, 4.69) is 15.2 Å². The van der Waals surface area contributed by atoms with Crippen LogP contribution in [0.5, 0.6) is 5.75 Å². The number of anilines is 2. The molecule has 2 aromatic heterocycles. The lowest BCUT2D eigenvalue weighted by Crippen LogP contribution is -2.17. The molecule has 0 spiro atoms. The third kappa shape index (κ3) is 5.42. The van der Waals surface area contributed by atoms with Crippen molar-refractivity contribution in [3.8, 4) is 16.8 Å². The first-order valence-electron chi connectivity index (χ1n) is 13.2. The van der Waals surface area contributed by atoms with E-state index in [4.69, 9.17) is 4.74 Å². The highest BCUT2D eigenvalue weighted by Gasteiger charge is 2.28. The van der Waals surface area contributed by atoms with Crippen LogP contribution in [0.2, 0.25) is 0 Å². The Hall–Kier alpha value is -4.61. The van der Waals surface area contributed by atoms with E-state index in [9.17, 15) is 14.9 Å². The van der Waals surface area contributed by atoms with Crippen molar-refractivity contribution in [3.63, 3.8) is 0 Å². The van der Waals surface area contributed by atoms with Gasteiger partial charge in [-0.25, -0.2) is 0 Å². The van der Waals surface area contributed by atoms with Crippen LogP contribution in [0.1, 0.15) is 50.6 Å². The molecule has 2 aromatic carbocycles. The van der Waals surface area contributed by atoms with E-state index < -0.39 is 5.91 Å². The van der Waals surface area contributed by atoms with Crippen molar-refractivity contribution in [2.75, 3.05) is 17.7 Å². The zero-order chi connectivity index (χ0) is 28.2. The number of para-hydroxylation sites is 1. The van der Waals surface area contributed by atoms with Gasteiger partial charge in [0.2, 0.25) is 0 Å². The predicted molar refractivity (Wildman–Crippen MR) is 159 cm³/mol. The molecule has 2 amide bonds. The second kappa shape index (κ2) is 11.6. The molecule has 8 heteroatoms. The highest BCUT2D eigenvalue weighted by atomic mass is 32.1. The fourth-order valence-corrected chi connectivity index (χ4v) is 6.58. The molecule has 0 aliphatic heterocycles. The maximum atomic E-state index is 13.7. The molecule has 0 atom stereocenters. The smallest absolute Gasteiger partial charge is 0.266 e. The van der Waals surface area contributed by atoms with Crippen molar-refractivity contribution < 1.29 is 14.3 Å². The maximum absolute atomic E-state index is 13.7. The number of hydrogen-bond donors (Lipinski definition) is 2. The summed E-state index contributed by atoms with van der Waals surface area (Å²) in [5.74, 6) is 0.0577. The number of nitrogens with one attached hydrogen (secondary N) is 2. The number of methoxy groups -OCH3 is 1. The first-order valence-corrected chi connectivity index (χ1v) is 14.0. The molecular formula is C32H30N4O3S. The van der Waals surface area contributed by atoms with Crippen LogP contribution in [0.25, 0.3) is 11.1 Å². The Morgan fingerprint density at radius 3 is 2.40 bits per heavy atom. The van der Waals surface area contributed by atoms with Crippen LogP contribution in [0.3, 0.4) is 0 Å². The number of aromatic nitrogens is 1. The van der Waals surface area contributed by atoms with Gasteiger partial charge in [0.15, 0.2) is 0 Å². The average molecular weight is 551 g/mol. The monoisotopic (exact) mass is 550 g/mol. The second-order valence-electron chi connectivity index (χ2n) is 9.73. The fraction of sp³-hybridized carbons (Fsp3) is 0.219. The van der Waals surface area contributed by atoms with Crippen LogP contribution in [0.4, 0.5) is 11.4 Å². The number of hydrogen-bond acceptors (Lipinski definition) is 5. The molecule has 0 bridgehead atoms. The largest absolute Gasteiger partial charge is 0.497 e. The van der Waals surface area contributed by atoms with Crippen LogP contribution < -0.4 is 15.4 Å². The lowest BCUT2D eigenvalue weighted by molar-refractivity contribution is -0.112. The number of amides is 2. The van der Waals surface area contributed by atoms with Gasteiger partial charge >= 0.3 is 0 Å². The standard InChI is InChI=1S/C32H30N4O3S/c1-20-17-22(18-23(19-33)30(37)34-25-13-15-26(39-3)16-14-25)21(2)36(20)32-29(27-11-7-8-12-28(27)40-32)31(38)35-24-9-5-4-6-10-24/h4-6,9-10,13-18H,7-8,11-12H2,1-3H3,(H,34,37)(H,35,38)/b23-18-. The highest BCUT2D eigenvalue weighted by molar-refractivity contribution is 7.15. The third-order valence-corrected chi connectivity index (χ3v) is 8.37. The predicted octanol–water partition coefficient (Wildman–Crippen LogP) is 6.84.